The van der Waals surface area contributed by atoms with Gasteiger partial charge in [-0.3, -0.25) is 4.99 Å². The molecule has 1 N–H and O–H groups in total. The van der Waals surface area contributed by atoms with Crippen molar-refractivity contribution in [3.63, 3.8) is 0 Å². The van der Waals surface area contributed by atoms with Gasteiger partial charge in [0.15, 0.2) is 5.96 Å². The number of nitrogens with zero attached hydrogens (tertiary/aromatic N) is 2. The molecule has 0 aromatic carbocycles. The third-order valence-corrected chi connectivity index (χ3v) is 4.25. The van der Waals surface area contributed by atoms with Gasteiger partial charge >= 0.3 is 0 Å². The van der Waals surface area contributed by atoms with Crippen molar-refractivity contribution in [1.29, 1.82) is 0 Å². The predicted molar refractivity (Wildman–Crippen MR) is 77.9 cm³/mol. The summed E-state index contributed by atoms with van der Waals surface area (Å²) in [6.45, 7) is 6.55. The van der Waals surface area contributed by atoms with Crippen molar-refractivity contribution >= 4 is 5.96 Å². The zero-order chi connectivity index (χ0) is 13.0. The van der Waals surface area contributed by atoms with Crippen LogP contribution >= 0.6 is 0 Å². The van der Waals surface area contributed by atoms with Crippen LogP contribution in [0.2, 0.25) is 0 Å². The molecule has 0 atom stereocenters. The lowest BCUT2D eigenvalue weighted by molar-refractivity contribution is 0.250. The second kappa shape index (κ2) is 6.44. The van der Waals surface area contributed by atoms with E-state index in [1.54, 1.807) is 0 Å². The minimum atomic E-state index is 0.698. The van der Waals surface area contributed by atoms with E-state index in [0.717, 1.165) is 24.3 Å². The van der Waals surface area contributed by atoms with Gasteiger partial charge in [-0.15, -0.1) is 0 Å². The second-order valence-corrected chi connectivity index (χ2v) is 6.22. The molecule has 104 valence electrons. The Morgan fingerprint density at radius 2 is 1.83 bits per heavy atom. The fourth-order valence-electron chi connectivity index (χ4n) is 2.82. The smallest absolute Gasteiger partial charge is 0.193 e. The fourth-order valence-corrected chi connectivity index (χ4v) is 2.82. The molecule has 2 aliphatic rings. The Balaban J connectivity index is 1.80. The number of hydrogen-bond donors (Lipinski definition) is 1. The van der Waals surface area contributed by atoms with E-state index >= 15 is 0 Å². The van der Waals surface area contributed by atoms with E-state index in [4.69, 9.17) is 0 Å². The third-order valence-electron chi connectivity index (χ3n) is 4.25. The molecule has 3 heteroatoms. The van der Waals surface area contributed by atoms with Gasteiger partial charge in [0.2, 0.25) is 0 Å². The van der Waals surface area contributed by atoms with Gasteiger partial charge in [0.1, 0.15) is 0 Å². The molecule has 0 bridgehead atoms. The first-order chi connectivity index (χ1) is 8.69. The fraction of sp³-hybridized carbons (Fsp3) is 0.933. The van der Waals surface area contributed by atoms with Crippen LogP contribution in [0.4, 0.5) is 0 Å². The van der Waals surface area contributed by atoms with Gasteiger partial charge < -0.3 is 10.2 Å². The van der Waals surface area contributed by atoms with Gasteiger partial charge in [0.25, 0.3) is 0 Å². The number of nitrogens with one attached hydrogen (secondary N) is 1. The third kappa shape index (κ3) is 4.18. The molecule has 0 spiro atoms. The summed E-state index contributed by atoms with van der Waals surface area (Å²) in [4.78, 5) is 6.97. The monoisotopic (exact) mass is 251 g/mol. The van der Waals surface area contributed by atoms with E-state index in [1.165, 1.54) is 45.1 Å². The van der Waals surface area contributed by atoms with Crippen molar-refractivity contribution in [3.05, 3.63) is 0 Å². The lowest BCUT2D eigenvalue weighted by atomic mass is 9.83. The highest BCUT2D eigenvalue weighted by Gasteiger charge is 2.25. The number of rotatable bonds is 4. The Morgan fingerprint density at radius 1 is 1.17 bits per heavy atom. The van der Waals surface area contributed by atoms with Crippen molar-refractivity contribution in [1.82, 2.24) is 10.2 Å². The molecular weight excluding hydrogens is 222 g/mol. The van der Waals surface area contributed by atoms with Crippen molar-refractivity contribution < 1.29 is 0 Å². The van der Waals surface area contributed by atoms with Crippen LogP contribution in [0.3, 0.4) is 0 Å². The Bertz CT molecular complexity index is 275. The van der Waals surface area contributed by atoms with Crippen molar-refractivity contribution in [3.8, 4) is 0 Å². The predicted octanol–water partition coefficient (Wildman–Crippen LogP) is 2.87. The molecular formula is C15H29N3. The molecule has 3 nitrogen and oxygen atoms in total. The summed E-state index contributed by atoms with van der Waals surface area (Å²) in [5, 5.41) is 3.57. The molecule has 0 saturated heterocycles. The van der Waals surface area contributed by atoms with E-state index in [-0.39, 0.29) is 0 Å². The summed E-state index contributed by atoms with van der Waals surface area (Å²) in [5.41, 5.74) is 0. The highest BCUT2D eigenvalue weighted by atomic mass is 15.3. The molecule has 0 radical (unpaired) electrons. The molecule has 0 heterocycles. The molecule has 2 aliphatic carbocycles. The van der Waals surface area contributed by atoms with E-state index in [0.29, 0.717) is 6.04 Å². The average molecular weight is 251 g/mol. The van der Waals surface area contributed by atoms with Crippen molar-refractivity contribution in [2.75, 3.05) is 20.1 Å². The molecule has 2 fully saturated rings. The Labute approximate surface area is 112 Å². The number of hydrogen-bond acceptors (Lipinski definition) is 1. The zero-order valence-corrected chi connectivity index (χ0v) is 12.3. The van der Waals surface area contributed by atoms with E-state index in [2.05, 4.69) is 36.1 Å². The van der Waals surface area contributed by atoms with Crippen molar-refractivity contribution in [2.24, 2.45) is 16.8 Å². The van der Waals surface area contributed by atoms with Crippen LogP contribution in [0.25, 0.3) is 0 Å². The molecule has 2 rings (SSSR count). The van der Waals surface area contributed by atoms with Gasteiger partial charge in [-0.25, -0.2) is 0 Å². The van der Waals surface area contributed by atoms with Crippen LogP contribution in [-0.4, -0.2) is 37.0 Å². The summed E-state index contributed by atoms with van der Waals surface area (Å²) in [6.07, 6.45) is 8.25. The first kappa shape index (κ1) is 13.7. The summed E-state index contributed by atoms with van der Waals surface area (Å²) in [5.74, 6) is 2.94. The summed E-state index contributed by atoms with van der Waals surface area (Å²) in [6, 6.07) is 0.698. The Hall–Kier alpha value is -0.730. The van der Waals surface area contributed by atoms with Gasteiger partial charge in [0, 0.05) is 26.2 Å². The molecule has 0 unspecified atom stereocenters. The summed E-state index contributed by atoms with van der Waals surface area (Å²) >= 11 is 0. The normalized spacial score (nSPS) is 29.2. The summed E-state index contributed by atoms with van der Waals surface area (Å²) in [7, 11) is 2.20. The van der Waals surface area contributed by atoms with E-state index in [9.17, 15) is 0 Å². The summed E-state index contributed by atoms with van der Waals surface area (Å²) < 4.78 is 0. The highest BCUT2D eigenvalue weighted by molar-refractivity contribution is 5.80. The topological polar surface area (TPSA) is 27.6 Å². The van der Waals surface area contributed by atoms with E-state index in [1.807, 2.05) is 0 Å². The van der Waals surface area contributed by atoms with Gasteiger partial charge in [-0.05, 0) is 44.4 Å². The number of aliphatic imine (C=N–C) groups is 1. The lowest BCUT2D eigenvalue weighted by Crippen LogP contribution is -2.42. The SMILES string of the molecule is CCN=C(NC1CC1)N(C)CC1CCC(C)CC1. The Kier molecular flexibility index (Phi) is 4.90. The molecule has 2 saturated carbocycles. The minimum Gasteiger partial charge on any atom is -0.354 e. The maximum atomic E-state index is 4.62. The quantitative estimate of drug-likeness (QED) is 0.614. The number of guanidine groups is 1. The highest BCUT2D eigenvalue weighted by Crippen LogP contribution is 2.28. The van der Waals surface area contributed by atoms with Crippen LogP contribution in [0.15, 0.2) is 4.99 Å². The maximum absolute atomic E-state index is 4.62. The Morgan fingerprint density at radius 3 is 2.39 bits per heavy atom. The molecule has 18 heavy (non-hydrogen) atoms. The van der Waals surface area contributed by atoms with Crippen LogP contribution in [-0.2, 0) is 0 Å². The van der Waals surface area contributed by atoms with Gasteiger partial charge in [-0.1, -0.05) is 19.8 Å². The maximum Gasteiger partial charge on any atom is 0.193 e. The van der Waals surface area contributed by atoms with Gasteiger partial charge in [-0.2, -0.15) is 0 Å². The first-order valence-corrected chi connectivity index (χ1v) is 7.71. The van der Waals surface area contributed by atoms with Crippen LogP contribution < -0.4 is 5.32 Å². The largest absolute Gasteiger partial charge is 0.354 e. The zero-order valence-electron chi connectivity index (χ0n) is 12.3. The van der Waals surface area contributed by atoms with E-state index < -0.39 is 0 Å². The lowest BCUT2D eigenvalue weighted by Gasteiger charge is -2.31. The van der Waals surface area contributed by atoms with Crippen LogP contribution in [0.5, 0.6) is 0 Å². The average Bonchev–Trinajstić information content (AvgIpc) is 3.15. The van der Waals surface area contributed by atoms with Gasteiger partial charge in [0.05, 0.1) is 0 Å². The first-order valence-electron chi connectivity index (χ1n) is 7.71. The molecule has 0 aliphatic heterocycles. The van der Waals surface area contributed by atoms with Crippen LogP contribution in [0.1, 0.15) is 52.4 Å². The molecule has 0 aromatic heterocycles. The van der Waals surface area contributed by atoms with Crippen molar-refractivity contribution in [2.45, 2.75) is 58.4 Å². The molecule has 0 aromatic rings. The second-order valence-electron chi connectivity index (χ2n) is 6.22. The van der Waals surface area contributed by atoms with Crippen LogP contribution in [0, 0.1) is 11.8 Å². The minimum absolute atomic E-state index is 0.698. The molecule has 0 amide bonds. The standard InChI is InChI=1S/C15H29N3/c1-4-16-15(17-14-9-10-14)18(3)11-13-7-5-12(2)6-8-13/h12-14H,4-11H2,1-3H3,(H,16,17).